The minimum atomic E-state index is -0.526. The van der Waals surface area contributed by atoms with Gasteiger partial charge in [-0.2, -0.15) is 6.92 Å². The number of ether oxygens (including phenoxy) is 2. The van der Waals surface area contributed by atoms with Crippen LogP contribution in [0.15, 0.2) is 47.5 Å². The first-order chi connectivity index (χ1) is 18.4. The van der Waals surface area contributed by atoms with Gasteiger partial charge < -0.3 is 19.1 Å². The fraction of sp³-hybridized carbons (Fsp3) is 0.300. The zero-order valence-electron chi connectivity index (χ0n) is 22.1. The summed E-state index contributed by atoms with van der Waals surface area (Å²) in [5.74, 6) is -0.767. The van der Waals surface area contributed by atoms with Crippen LogP contribution in [0.2, 0.25) is 0 Å². The van der Waals surface area contributed by atoms with Crippen molar-refractivity contribution in [3.05, 3.63) is 70.8 Å². The second-order valence-corrected chi connectivity index (χ2v) is 8.80. The number of amidine groups is 1. The van der Waals surface area contributed by atoms with Gasteiger partial charge in [0.2, 0.25) is 5.97 Å². The van der Waals surface area contributed by atoms with Crippen molar-refractivity contribution in [2.24, 2.45) is 4.99 Å². The monoisotopic (exact) mass is 750 g/mol. The summed E-state index contributed by atoms with van der Waals surface area (Å²) >= 11 is 0. The van der Waals surface area contributed by atoms with Crippen LogP contribution in [0.3, 0.4) is 0 Å². The molecule has 2 aliphatic rings. The standard InChI is InChI=1S/C28H25N2O5.C2H3O.U/c1-3-5-11-34-27(32)18-13-17-14-19(28(33)35-12-6-4-2)16-23-24(17)22(15-18)29-25-20-9-7-8-10-21(20)26(31)30(23)25;1-2-3;/h7-10,13-15H,3-6,11-12H2,1-2H3;1H3;/q2*-1;+2. The topological polar surface area (TPSA) is 102 Å². The number of hydrogen-bond acceptors (Lipinski definition) is 7. The third kappa shape index (κ3) is 6.15. The number of benzene rings is 3. The fourth-order valence-electron chi connectivity index (χ4n) is 4.30. The number of rotatable bonds is 8. The Balaban J connectivity index is 0.00000101. The van der Waals surface area contributed by atoms with Gasteiger partial charge in [0.05, 0.1) is 24.3 Å². The molecule has 0 atom stereocenters. The zero-order chi connectivity index (χ0) is 27.2. The Labute approximate surface area is 251 Å². The van der Waals surface area contributed by atoms with Crippen molar-refractivity contribution in [1.82, 2.24) is 0 Å². The summed E-state index contributed by atoms with van der Waals surface area (Å²) in [6.45, 7) is 5.98. The van der Waals surface area contributed by atoms with E-state index in [9.17, 15) is 14.4 Å². The van der Waals surface area contributed by atoms with Crippen LogP contribution in [0.25, 0.3) is 10.8 Å². The van der Waals surface area contributed by atoms with Gasteiger partial charge in [-0.1, -0.05) is 67.3 Å². The summed E-state index contributed by atoms with van der Waals surface area (Å²) in [7, 11) is 0. The van der Waals surface area contributed by atoms with Gasteiger partial charge in [-0.05, 0) is 30.7 Å². The molecule has 0 aromatic heterocycles. The molecular formula is C30H28N2O6U. The summed E-state index contributed by atoms with van der Waals surface area (Å²) in [6, 6.07) is 15.3. The Morgan fingerprint density at radius 3 is 2.23 bits per heavy atom. The number of carbonyl (C=O) groups excluding carboxylic acids is 4. The number of nitrogens with zero attached hydrogens (tertiary/aromatic N) is 2. The Morgan fingerprint density at radius 1 is 0.974 bits per heavy atom. The van der Waals surface area contributed by atoms with Crippen molar-refractivity contribution in [2.75, 3.05) is 18.1 Å². The van der Waals surface area contributed by atoms with Crippen LogP contribution >= 0.6 is 0 Å². The Kier molecular flexibility index (Phi) is 10.6. The van der Waals surface area contributed by atoms with Gasteiger partial charge in [-0.25, -0.2) is 9.79 Å². The molecule has 198 valence electrons. The van der Waals surface area contributed by atoms with E-state index in [1.54, 1.807) is 30.3 Å². The molecule has 0 fully saturated rings. The molecule has 2 aliphatic heterocycles. The minimum absolute atomic E-state index is 0. The Hall–Kier alpha value is -3.28. The van der Waals surface area contributed by atoms with E-state index in [0.29, 0.717) is 57.9 Å². The largest absolute Gasteiger partial charge is 2.00 e. The number of unbranched alkanes of at least 4 members (excludes halogenated alkanes) is 2. The predicted octanol–water partition coefficient (Wildman–Crippen LogP) is 5.72. The molecule has 0 bridgehead atoms. The number of fused-ring (bicyclic) bond motifs is 4. The number of carbonyl (C=O) groups is 3. The van der Waals surface area contributed by atoms with Gasteiger partial charge in [0.25, 0.3) is 5.91 Å². The van der Waals surface area contributed by atoms with Crippen molar-refractivity contribution >= 4 is 52.1 Å². The first-order valence-corrected chi connectivity index (χ1v) is 12.6. The molecule has 39 heavy (non-hydrogen) atoms. The van der Waals surface area contributed by atoms with Crippen LogP contribution in [0, 0.1) is 37.2 Å². The molecule has 5 rings (SSSR count). The summed E-state index contributed by atoms with van der Waals surface area (Å²) in [5, 5.41) is 1.23. The molecular weight excluding hydrogens is 722 g/mol. The van der Waals surface area contributed by atoms with Gasteiger partial charge in [0, 0.05) is 11.3 Å². The number of aliphatic imine (C=N–C) groups is 1. The molecule has 0 aliphatic carbocycles. The summed E-state index contributed by atoms with van der Waals surface area (Å²) in [4.78, 5) is 53.9. The van der Waals surface area contributed by atoms with Gasteiger partial charge >= 0.3 is 37.1 Å². The minimum Gasteiger partial charge on any atom is -0.542 e. The van der Waals surface area contributed by atoms with E-state index in [4.69, 9.17) is 19.3 Å². The number of hydrogen-bond donors (Lipinski definition) is 0. The van der Waals surface area contributed by atoms with Crippen LogP contribution in [-0.2, 0) is 14.3 Å². The molecule has 0 saturated heterocycles. The van der Waals surface area contributed by atoms with Crippen LogP contribution in [-0.4, -0.2) is 43.2 Å². The molecule has 3 aromatic carbocycles. The van der Waals surface area contributed by atoms with E-state index in [1.807, 2.05) is 26.0 Å². The fourth-order valence-corrected chi connectivity index (χ4v) is 4.30. The SMILES string of the molecule is CCCCOC(=O)c1[c-]c2c3c(cc(C(=O)OCCCC)cc3c1)N=C1c3ccccc3C(=O)N12.C[C-]=O.[U+2]. The van der Waals surface area contributed by atoms with Crippen molar-refractivity contribution < 1.29 is 59.8 Å². The Bertz CT molecular complexity index is 1440. The molecule has 0 radical (unpaired) electrons. The summed E-state index contributed by atoms with van der Waals surface area (Å²) in [6.07, 6.45) is 4.83. The average Bonchev–Trinajstić information content (AvgIpc) is 3.21. The second-order valence-electron chi connectivity index (χ2n) is 8.80. The normalized spacial score (nSPS) is 12.3. The molecule has 1 amide bonds. The van der Waals surface area contributed by atoms with Crippen molar-refractivity contribution in [3.63, 3.8) is 0 Å². The smallest absolute Gasteiger partial charge is 0.542 e. The van der Waals surface area contributed by atoms with Crippen molar-refractivity contribution in [1.29, 1.82) is 0 Å². The summed E-state index contributed by atoms with van der Waals surface area (Å²) in [5.41, 5.74) is 2.69. The van der Waals surface area contributed by atoms with Crippen molar-refractivity contribution in [3.8, 4) is 0 Å². The molecule has 0 spiro atoms. The van der Waals surface area contributed by atoms with Crippen LogP contribution in [0.4, 0.5) is 11.4 Å². The molecule has 0 N–H and O–H groups in total. The molecule has 3 aromatic rings. The maximum absolute atomic E-state index is 13.3. The maximum Gasteiger partial charge on any atom is 2.00 e. The molecule has 8 nitrogen and oxygen atoms in total. The zero-order valence-corrected chi connectivity index (χ0v) is 26.3. The van der Waals surface area contributed by atoms with E-state index >= 15 is 0 Å². The van der Waals surface area contributed by atoms with Gasteiger partial charge in [0.15, 0.2) is 0 Å². The van der Waals surface area contributed by atoms with Crippen LogP contribution in [0.5, 0.6) is 0 Å². The van der Waals surface area contributed by atoms with E-state index in [2.05, 4.69) is 6.07 Å². The molecule has 9 heteroatoms. The van der Waals surface area contributed by atoms with Crippen LogP contribution in [0.1, 0.15) is 83.1 Å². The number of amides is 1. The van der Waals surface area contributed by atoms with E-state index in [1.165, 1.54) is 18.1 Å². The number of esters is 2. The molecule has 0 unspecified atom stereocenters. The molecule has 2 heterocycles. The Morgan fingerprint density at radius 2 is 1.59 bits per heavy atom. The van der Waals surface area contributed by atoms with Gasteiger partial charge in [-0.15, -0.1) is 12.1 Å². The maximum atomic E-state index is 13.3. The third-order valence-electron chi connectivity index (χ3n) is 6.12. The third-order valence-corrected chi connectivity index (χ3v) is 6.12. The van der Waals surface area contributed by atoms with Gasteiger partial charge in [0.1, 0.15) is 5.84 Å². The van der Waals surface area contributed by atoms with Gasteiger partial charge in [-0.3, -0.25) is 16.0 Å². The quantitative estimate of drug-likeness (QED) is 0.166. The molecule has 0 saturated carbocycles. The number of anilines is 1. The van der Waals surface area contributed by atoms with E-state index in [0.717, 1.165) is 25.7 Å². The first kappa shape index (κ1) is 30.3. The summed E-state index contributed by atoms with van der Waals surface area (Å²) < 4.78 is 10.8. The predicted molar refractivity (Wildman–Crippen MR) is 144 cm³/mol. The van der Waals surface area contributed by atoms with Crippen LogP contribution < -0.4 is 4.90 Å². The first-order valence-electron chi connectivity index (χ1n) is 12.6. The van der Waals surface area contributed by atoms with Crippen molar-refractivity contribution in [2.45, 2.75) is 46.5 Å². The van der Waals surface area contributed by atoms with E-state index < -0.39 is 11.9 Å². The second kappa shape index (κ2) is 13.7. The van der Waals surface area contributed by atoms with E-state index in [-0.39, 0.29) is 42.6 Å². The average molecular weight is 751 g/mol.